The van der Waals surface area contributed by atoms with Crippen molar-refractivity contribution in [1.29, 1.82) is 0 Å². The first-order valence-corrected chi connectivity index (χ1v) is 12.9. The van der Waals surface area contributed by atoms with Crippen molar-refractivity contribution in [2.45, 2.75) is 25.4 Å². The zero-order valence-corrected chi connectivity index (χ0v) is 21.2. The van der Waals surface area contributed by atoms with Crippen molar-refractivity contribution >= 4 is 39.3 Å². The molecule has 1 amide bonds. The number of hydrogen-bond donors (Lipinski definition) is 0. The molecule has 0 atom stereocenters. The van der Waals surface area contributed by atoms with Crippen LogP contribution in [-0.4, -0.2) is 28.6 Å². The molecule has 0 spiro atoms. The molecule has 0 radical (unpaired) electrons. The molecule has 0 aliphatic heterocycles. The van der Waals surface area contributed by atoms with Gasteiger partial charge in [-0.2, -0.15) is 0 Å². The van der Waals surface area contributed by atoms with Crippen molar-refractivity contribution < 1.29 is 14.3 Å². The molecule has 34 heavy (non-hydrogen) atoms. The molecule has 0 saturated heterocycles. The first-order valence-electron chi connectivity index (χ1n) is 11.4. The molecule has 0 bridgehead atoms. The van der Waals surface area contributed by atoms with Crippen LogP contribution < -0.4 is 9.47 Å². The van der Waals surface area contributed by atoms with Gasteiger partial charge < -0.3 is 14.4 Å². The van der Waals surface area contributed by atoms with Gasteiger partial charge in [0.15, 0.2) is 0 Å². The van der Waals surface area contributed by atoms with Crippen LogP contribution in [0.25, 0.3) is 10.8 Å². The molecular formula is C29H26INO3. The van der Waals surface area contributed by atoms with E-state index in [4.69, 9.17) is 9.47 Å². The number of halogens is 1. The van der Waals surface area contributed by atoms with Crippen molar-refractivity contribution in [1.82, 2.24) is 4.90 Å². The van der Waals surface area contributed by atoms with E-state index in [9.17, 15) is 4.79 Å². The summed E-state index contributed by atoms with van der Waals surface area (Å²) in [4.78, 5) is 16.3. The van der Waals surface area contributed by atoms with E-state index in [0.717, 1.165) is 34.9 Å². The Morgan fingerprint density at radius 1 is 0.941 bits per heavy atom. The Morgan fingerprint density at radius 2 is 1.68 bits per heavy atom. The van der Waals surface area contributed by atoms with Gasteiger partial charge >= 0.3 is 0 Å². The lowest BCUT2D eigenvalue weighted by atomic mass is 10.0. The van der Waals surface area contributed by atoms with E-state index in [1.165, 1.54) is 11.1 Å². The summed E-state index contributed by atoms with van der Waals surface area (Å²) < 4.78 is 12.0. The smallest absolute Gasteiger partial charge is 0.258 e. The summed E-state index contributed by atoms with van der Waals surface area (Å²) in [5.41, 5.74) is 4.30. The predicted octanol–water partition coefficient (Wildman–Crippen LogP) is 6.43. The standard InChI is InChI=1S/C29H26INO3/c1-33-27-14-13-21-8-4-5-12-26(21)28(27)29(32)31(18-20-7-6-11-25(15-20)34-19-30)24-16-22-9-2-3-10-23(22)17-24/h2-15,24H,16-19H2,1H3. The highest BCUT2D eigenvalue weighted by Crippen LogP contribution is 2.33. The van der Waals surface area contributed by atoms with Gasteiger partial charge in [-0.25, -0.2) is 0 Å². The van der Waals surface area contributed by atoms with Crippen LogP contribution >= 0.6 is 22.6 Å². The van der Waals surface area contributed by atoms with E-state index in [1.807, 2.05) is 59.5 Å². The van der Waals surface area contributed by atoms with Crippen molar-refractivity contribution in [3.05, 3.63) is 107 Å². The summed E-state index contributed by atoms with van der Waals surface area (Å²) >= 11 is 2.19. The maximum atomic E-state index is 14.3. The van der Waals surface area contributed by atoms with Crippen molar-refractivity contribution in [3.63, 3.8) is 0 Å². The van der Waals surface area contributed by atoms with Crippen molar-refractivity contribution in [2.75, 3.05) is 11.7 Å². The summed E-state index contributed by atoms with van der Waals surface area (Å²) in [7, 11) is 1.63. The van der Waals surface area contributed by atoms with Crippen molar-refractivity contribution in [2.24, 2.45) is 0 Å². The normalized spacial score (nSPS) is 13.0. The molecule has 172 valence electrons. The number of amides is 1. The second-order valence-electron chi connectivity index (χ2n) is 8.53. The number of carbonyl (C=O) groups is 1. The van der Waals surface area contributed by atoms with Crippen LogP contribution in [0.3, 0.4) is 0 Å². The third kappa shape index (κ3) is 4.49. The molecule has 0 fully saturated rings. The minimum atomic E-state index is -0.00771. The summed E-state index contributed by atoms with van der Waals surface area (Å²) in [6, 6.07) is 28.5. The molecule has 0 unspecified atom stereocenters. The van der Waals surface area contributed by atoms with Gasteiger partial charge in [0.1, 0.15) is 16.1 Å². The molecule has 0 N–H and O–H groups in total. The SMILES string of the molecule is COc1ccc2ccccc2c1C(=O)N(Cc1cccc(OCI)c1)C1Cc2ccccc2C1. The highest BCUT2D eigenvalue weighted by atomic mass is 127. The molecule has 5 heteroatoms. The van der Waals surface area contributed by atoms with Gasteiger partial charge in [0.05, 0.1) is 12.7 Å². The van der Waals surface area contributed by atoms with Gasteiger partial charge in [-0.15, -0.1) is 0 Å². The fourth-order valence-electron chi connectivity index (χ4n) is 4.90. The monoisotopic (exact) mass is 563 g/mol. The quantitative estimate of drug-likeness (QED) is 0.192. The van der Waals surface area contributed by atoms with Gasteiger partial charge in [0.2, 0.25) is 0 Å². The number of alkyl halides is 1. The molecule has 5 rings (SSSR count). The summed E-state index contributed by atoms with van der Waals surface area (Å²) in [6.45, 7) is 0.502. The summed E-state index contributed by atoms with van der Waals surface area (Å²) in [5, 5.41) is 1.94. The molecule has 4 nitrogen and oxygen atoms in total. The molecule has 0 saturated carbocycles. The first-order chi connectivity index (χ1) is 16.7. The summed E-state index contributed by atoms with van der Waals surface area (Å²) in [5.74, 6) is 1.41. The average Bonchev–Trinajstić information content (AvgIpc) is 3.30. The van der Waals surface area contributed by atoms with Gasteiger partial charge in [-0.05, 0) is 81.1 Å². The number of ether oxygens (including phenoxy) is 2. The van der Waals surface area contributed by atoms with Gasteiger partial charge in [0, 0.05) is 12.6 Å². The Bertz CT molecular complexity index is 1310. The molecule has 0 aromatic heterocycles. The lowest BCUT2D eigenvalue weighted by Gasteiger charge is -2.30. The number of carbonyl (C=O) groups excluding carboxylic acids is 1. The Kier molecular flexibility index (Phi) is 6.72. The van der Waals surface area contributed by atoms with E-state index in [0.29, 0.717) is 22.5 Å². The van der Waals surface area contributed by atoms with E-state index < -0.39 is 0 Å². The molecule has 4 aromatic rings. The van der Waals surface area contributed by atoms with Crippen molar-refractivity contribution in [3.8, 4) is 11.5 Å². The van der Waals surface area contributed by atoms with Crippen LogP contribution in [0.2, 0.25) is 0 Å². The van der Waals surface area contributed by atoms with Gasteiger partial charge in [-0.3, -0.25) is 4.79 Å². The Labute approximate surface area is 213 Å². The van der Waals surface area contributed by atoms with E-state index in [1.54, 1.807) is 7.11 Å². The highest BCUT2D eigenvalue weighted by molar-refractivity contribution is 14.1. The Balaban J connectivity index is 1.57. The molecular weight excluding hydrogens is 537 g/mol. The lowest BCUT2D eigenvalue weighted by Crippen LogP contribution is -2.40. The second kappa shape index (κ2) is 10.1. The third-order valence-corrected chi connectivity index (χ3v) is 6.84. The van der Waals surface area contributed by atoms with Crippen LogP contribution in [0.1, 0.15) is 27.0 Å². The largest absolute Gasteiger partial charge is 0.496 e. The van der Waals surface area contributed by atoms with Gasteiger partial charge in [-0.1, -0.05) is 66.7 Å². The van der Waals surface area contributed by atoms with Crippen LogP contribution in [0.4, 0.5) is 0 Å². The predicted molar refractivity (Wildman–Crippen MR) is 144 cm³/mol. The van der Waals surface area contributed by atoms with Crippen LogP contribution in [0.5, 0.6) is 11.5 Å². The van der Waals surface area contributed by atoms with E-state index >= 15 is 0 Å². The van der Waals surface area contributed by atoms with Crippen LogP contribution in [0.15, 0.2) is 84.9 Å². The number of rotatable bonds is 7. The highest BCUT2D eigenvalue weighted by Gasteiger charge is 2.32. The third-order valence-electron chi connectivity index (χ3n) is 6.53. The number of hydrogen-bond acceptors (Lipinski definition) is 3. The zero-order chi connectivity index (χ0) is 23.5. The van der Waals surface area contributed by atoms with E-state index in [-0.39, 0.29) is 11.9 Å². The molecule has 4 aromatic carbocycles. The fraction of sp³-hybridized carbons (Fsp3) is 0.207. The number of benzene rings is 4. The number of methoxy groups -OCH3 is 1. The number of nitrogens with zero attached hydrogens (tertiary/aromatic N) is 1. The lowest BCUT2D eigenvalue weighted by molar-refractivity contribution is 0.0666. The first kappa shape index (κ1) is 22.7. The second-order valence-corrected chi connectivity index (χ2v) is 9.15. The maximum Gasteiger partial charge on any atom is 0.258 e. The minimum Gasteiger partial charge on any atom is -0.496 e. The Morgan fingerprint density at radius 3 is 2.41 bits per heavy atom. The van der Waals surface area contributed by atoms with E-state index in [2.05, 4.69) is 52.9 Å². The minimum absolute atomic E-state index is 0.00771. The molecule has 1 aliphatic rings. The maximum absolute atomic E-state index is 14.3. The fourth-order valence-corrected chi connectivity index (χ4v) is 5.26. The van der Waals surface area contributed by atoms with Crippen LogP contribution in [-0.2, 0) is 19.4 Å². The molecule has 1 aliphatic carbocycles. The summed E-state index contributed by atoms with van der Waals surface area (Å²) in [6.07, 6.45) is 1.69. The number of fused-ring (bicyclic) bond motifs is 2. The average molecular weight is 563 g/mol. The topological polar surface area (TPSA) is 38.8 Å². The zero-order valence-electron chi connectivity index (χ0n) is 19.0. The van der Waals surface area contributed by atoms with Crippen LogP contribution in [0, 0.1) is 0 Å². The van der Waals surface area contributed by atoms with Gasteiger partial charge in [0.25, 0.3) is 5.91 Å². The Hall–Kier alpha value is -3.06. The molecule has 0 heterocycles.